The minimum atomic E-state index is 0.461. The fourth-order valence-corrected chi connectivity index (χ4v) is 0.898. The summed E-state index contributed by atoms with van der Waals surface area (Å²) in [6.45, 7) is 7.78. The Morgan fingerprint density at radius 1 is 1.40 bits per heavy atom. The van der Waals surface area contributed by atoms with Crippen LogP contribution in [0.1, 0.15) is 33.6 Å². The topological polar surface area (TPSA) is 12.0 Å². The minimum Gasteiger partial charge on any atom is -0.382 e. The highest BCUT2D eigenvalue weighted by Gasteiger charge is 2.07. The van der Waals surface area contributed by atoms with E-state index in [0.29, 0.717) is 5.41 Å². The van der Waals surface area contributed by atoms with Crippen LogP contribution < -0.4 is 5.32 Å². The van der Waals surface area contributed by atoms with Crippen LogP contribution in [0.5, 0.6) is 0 Å². The maximum Gasteiger partial charge on any atom is 0.0614 e. The lowest BCUT2D eigenvalue weighted by molar-refractivity contribution is 0.366. The van der Waals surface area contributed by atoms with Crippen molar-refractivity contribution in [2.75, 3.05) is 6.54 Å². The lowest BCUT2D eigenvalue weighted by Crippen LogP contribution is -2.14. The Balaban J connectivity index is 3.12. The Labute approximate surface area is 69.2 Å². The summed E-state index contributed by atoms with van der Waals surface area (Å²) >= 11 is 4.62. The summed E-state index contributed by atoms with van der Waals surface area (Å²) in [5, 5.41) is 3.01. The molecule has 0 rings (SSSR count). The molecule has 0 radical (unpaired) electrons. The van der Waals surface area contributed by atoms with Crippen molar-refractivity contribution in [3.05, 3.63) is 0 Å². The number of rotatable bonds is 4. The molecule has 0 saturated carbocycles. The SMILES string of the molecule is CC(C)(C)CCCNC=S. The third-order valence-corrected chi connectivity index (χ3v) is 1.50. The number of hydrogen-bond donors (Lipinski definition) is 1. The molecule has 0 aromatic heterocycles. The second-order valence-corrected chi connectivity index (χ2v) is 3.97. The summed E-state index contributed by atoms with van der Waals surface area (Å²) in [4.78, 5) is 0. The van der Waals surface area contributed by atoms with Crippen molar-refractivity contribution < 1.29 is 0 Å². The average Bonchev–Trinajstić information content (AvgIpc) is 1.78. The summed E-state index contributed by atoms with van der Waals surface area (Å²) in [7, 11) is 0. The van der Waals surface area contributed by atoms with E-state index >= 15 is 0 Å². The summed E-state index contributed by atoms with van der Waals surface area (Å²) in [6.07, 6.45) is 2.46. The number of hydrogen-bond acceptors (Lipinski definition) is 1. The molecule has 60 valence electrons. The zero-order chi connectivity index (χ0) is 8.04. The first-order valence-corrected chi connectivity index (χ1v) is 4.20. The number of thiocarbonyl (C=S) groups is 1. The lowest BCUT2D eigenvalue weighted by Gasteiger charge is -2.17. The van der Waals surface area contributed by atoms with E-state index in [0.717, 1.165) is 6.54 Å². The summed E-state index contributed by atoms with van der Waals surface area (Å²) in [5.41, 5.74) is 2.05. The Morgan fingerprint density at radius 2 is 2.00 bits per heavy atom. The van der Waals surface area contributed by atoms with Crippen molar-refractivity contribution in [3.8, 4) is 0 Å². The average molecular weight is 159 g/mol. The van der Waals surface area contributed by atoms with E-state index < -0.39 is 0 Å². The van der Waals surface area contributed by atoms with Crippen LogP contribution in [-0.2, 0) is 0 Å². The summed E-state index contributed by atoms with van der Waals surface area (Å²) in [6, 6.07) is 0. The van der Waals surface area contributed by atoms with Crippen molar-refractivity contribution in [1.29, 1.82) is 0 Å². The molecule has 0 amide bonds. The Morgan fingerprint density at radius 3 is 2.40 bits per heavy atom. The second-order valence-electron chi connectivity index (χ2n) is 3.74. The van der Waals surface area contributed by atoms with Crippen molar-refractivity contribution in [2.24, 2.45) is 5.41 Å². The Bertz CT molecular complexity index is 93.9. The normalized spacial score (nSPS) is 11.1. The quantitative estimate of drug-likeness (QED) is 0.499. The largest absolute Gasteiger partial charge is 0.382 e. The number of nitrogens with one attached hydrogen (secondary N) is 1. The van der Waals surface area contributed by atoms with Gasteiger partial charge in [0.15, 0.2) is 0 Å². The van der Waals surface area contributed by atoms with Crippen LogP contribution in [0.3, 0.4) is 0 Å². The van der Waals surface area contributed by atoms with Crippen LogP contribution in [0.2, 0.25) is 0 Å². The summed E-state index contributed by atoms with van der Waals surface area (Å²) < 4.78 is 0. The van der Waals surface area contributed by atoms with Crippen LogP contribution in [0, 0.1) is 5.41 Å². The molecule has 1 nitrogen and oxygen atoms in total. The predicted octanol–water partition coefficient (Wildman–Crippen LogP) is 2.36. The first kappa shape index (κ1) is 9.89. The van der Waals surface area contributed by atoms with E-state index in [1.165, 1.54) is 12.8 Å². The molecular weight excluding hydrogens is 142 g/mol. The van der Waals surface area contributed by atoms with E-state index in [1.54, 1.807) is 5.49 Å². The van der Waals surface area contributed by atoms with Crippen LogP contribution in [0.25, 0.3) is 0 Å². The highest BCUT2D eigenvalue weighted by Crippen LogP contribution is 2.19. The van der Waals surface area contributed by atoms with Gasteiger partial charge in [-0.15, -0.1) is 0 Å². The van der Waals surface area contributed by atoms with E-state index in [9.17, 15) is 0 Å². The molecule has 0 aromatic rings. The van der Waals surface area contributed by atoms with Gasteiger partial charge in [-0.3, -0.25) is 0 Å². The molecule has 0 bridgehead atoms. The molecule has 1 N–H and O–H groups in total. The van der Waals surface area contributed by atoms with Gasteiger partial charge < -0.3 is 5.32 Å². The van der Waals surface area contributed by atoms with Crippen molar-refractivity contribution >= 4 is 17.7 Å². The maximum absolute atomic E-state index is 4.62. The zero-order valence-electron chi connectivity index (χ0n) is 7.11. The zero-order valence-corrected chi connectivity index (χ0v) is 7.92. The smallest absolute Gasteiger partial charge is 0.0614 e. The molecule has 2 heteroatoms. The summed E-state index contributed by atoms with van der Waals surface area (Å²) in [5.74, 6) is 0. The van der Waals surface area contributed by atoms with Gasteiger partial charge in [-0.2, -0.15) is 0 Å². The van der Waals surface area contributed by atoms with Gasteiger partial charge in [-0.25, -0.2) is 0 Å². The van der Waals surface area contributed by atoms with Crippen LogP contribution >= 0.6 is 12.2 Å². The van der Waals surface area contributed by atoms with Gasteiger partial charge in [0, 0.05) is 6.54 Å². The molecule has 0 aliphatic rings. The second kappa shape index (κ2) is 4.67. The molecule has 0 saturated heterocycles. The third kappa shape index (κ3) is 7.89. The van der Waals surface area contributed by atoms with Gasteiger partial charge in [0.1, 0.15) is 0 Å². The molecule has 0 aliphatic heterocycles. The van der Waals surface area contributed by atoms with Crippen molar-refractivity contribution in [2.45, 2.75) is 33.6 Å². The standard InChI is InChI=1S/C8H17NS/c1-8(2,3)5-4-6-9-7-10/h7H,4-6H2,1-3H3,(H,9,10). The molecule has 0 spiro atoms. The molecule has 0 atom stereocenters. The van der Waals surface area contributed by atoms with Crippen LogP contribution in [0.4, 0.5) is 0 Å². The third-order valence-electron chi connectivity index (χ3n) is 1.33. The Kier molecular flexibility index (Phi) is 4.62. The van der Waals surface area contributed by atoms with Crippen molar-refractivity contribution in [1.82, 2.24) is 5.32 Å². The van der Waals surface area contributed by atoms with Crippen LogP contribution in [0.15, 0.2) is 0 Å². The molecule has 10 heavy (non-hydrogen) atoms. The van der Waals surface area contributed by atoms with Gasteiger partial charge in [0.2, 0.25) is 0 Å². The van der Waals surface area contributed by atoms with E-state index in [-0.39, 0.29) is 0 Å². The molecule has 0 fully saturated rings. The van der Waals surface area contributed by atoms with Gasteiger partial charge >= 0.3 is 0 Å². The molecule has 0 unspecified atom stereocenters. The van der Waals surface area contributed by atoms with Gasteiger partial charge in [-0.1, -0.05) is 33.0 Å². The maximum atomic E-state index is 4.62. The monoisotopic (exact) mass is 159 g/mol. The van der Waals surface area contributed by atoms with Crippen molar-refractivity contribution in [3.63, 3.8) is 0 Å². The fraction of sp³-hybridized carbons (Fsp3) is 0.875. The first-order chi connectivity index (χ1) is 4.56. The lowest BCUT2D eigenvalue weighted by atomic mass is 9.91. The van der Waals surface area contributed by atoms with Crippen LogP contribution in [-0.4, -0.2) is 12.0 Å². The van der Waals surface area contributed by atoms with E-state index in [1.807, 2.05) is 0 Å². The molecule has 0 heterocycles. The van der Waals surface area contributed by atoms with Gasteiger partial charge in [-0.05, 0) is 18.3 Å². The highest BCUT2D eigenvalue weighted by molar-refractivity contribution is 7.78. The van der Waals surface area contributed by atoms with E-state index in [4.69, 9.17) is 0 Å². The highest BCUT2D eigenvalue weighted by atomic mass is 32.1. The first-order valence-electron chi connectivity index (χ1n) is 3.73. The fourth-order valence-electron chi connectivity index (χ4n) is 0.780. The molecule has 0 aromatic carbocycles. The molecule has 0 aliphatic carbocycles. The minimum absolute atomic E-state index is 0.461. The molecular formula is C8H17NS. The van der Waals surface area contributed by atoms with Gasteiger partial charge in [0.25, 0.3) is 0 Å². The van der Waals surface area contributed by atoms with Gasteiger partial charge in [0.05, 0.1) is 5.49 Å². The van der Waals surface area contributed by atoms with E-state index in [2.05, 4.69) is 38.3 Å². The Hall–Kier alpha value is -0.110. The predicted molar refractivity (Wildman–Crippen MR) is 50.3 cm³/mol.